The third-order valence-corrected chi connectivity index (χ3v) is 3.63. The van der Waals surface area contributed by atoms with Crippen LogP contribution in [0.3, 0.4) is 0 Å². The fourth-order valence-electron chi connectivity index (χ4n) is 2.38. The molecule has 1 aromatic heterocycles. The summed E-state index contributed by atoms with van der Waals surface area (Å²) in [5.74, 6) is 0.816. The van der Waals surface area contributed by atoms with Crippen LogP contribution < -0.4 is 10.6 Å². The summed E-state index contributed by atoms with van der Waals surface area (Å²) in [5, 5.41) is 10.8. The Labute approximate surface area is 167 Å². The van der Waals surface area contributed by atoms with E-state index in [0.717, 1.165) is 37.6 Å². The molecule has 7 heteroatoms. The van der Waals surface area contributed by atoms with Crippen molar-refractivity contribution >= 4 is 29.9 Å². The molecule has 2 N–H and O–H groups in total. The summed E-state index contributed by atoms with van der Waals surface area (Å²) >= 11 is 0. The molecule has 1 atom stereocenters. The number of nitrogens with zero attached hydrogens (tertiary/aromatic N) is 3. The number of nitrogens with one attached hydrogen (secondary N) is 2. The number of hydrogen-bond acceptors (Lipinski definition) is 3. The van der Waals surface area contributed by atoms with E-state index in [1.165, 1.54) is 0 Å². The molecule has 0 spiro atoms. The number of hydrogen-bond donors (Lipinski definition) is 2. The third-order valence-electron chi connectivity index (χ3n) is 3.63. The van der Waals surface area contributed by atoms with Gasteiger partial charge >= 0.3 is 0 Å². The molecule has 0 saturated heterocycles. The van der Waals surface area contributed by atoms with Gasteiger partial charge in [0, 0.05) is 39.1 Å². The zero-order valence-electron chi connectivity index (χ0n) is 14.9. The molecule has 1 aromatic carbocycles. The van der Waals surface area contributed by atoms with E-state index < -0.39 is 0 Å². The minimum atomic E-state index is -0.0364. The SMILES string of the molecule is CCNC(=NCC(OC)c1ccccc1)NCCCn1cccn1.I. The standard InChI is InChI=1S/C18H27N5O.HI/c1-3-19-18(20-11-7-13-23-14-8-12-22-23)21-15-17(24-2)16-9-5-4-6-10-16;/h4-6,8-10,12,14,17H,3,7,11,13,15H2,1-2H3,(H2,19,20,21);1H. The maximum Gasteiger partial charge on any atom is 0.191 e. The first kappa shape index (κ1) is 21.4. The second-order valence-corrected chi connectivity index (χ2v) is 5.40. The smallest absolute Gasteiger partial charge is 0.191 e. The summed E-state index contributed by atoms with van der Waals surface area (Å²) in [6.45, 7) is 5.20. The van der Waals surface area contributed by atoms with E-state index >= 15 is 0 Å². The summed E-state index contributed by atoms with van der Waals surface area (Å²) in [5.41, 5.74) is 1.14. The second kappa shape index (κ2) is 12.7. The molecular formula is C18H28IN5O. The van der Waals surface area contributed by atoms with E-state index in [-0.39, 0.29) is 30.1 Å². The molecule has 1 heterocycles. The molecule has 1 unspecified atom stereocenters. The molecule has 0 saturated carbocycles. The van der Waals surface area contributed by atoms with Crippen LogP contribution in [-0.4, -0.2) is 42.5 Å². The molecule has 0 aliphatic carbocycles. The normalized spacial score (nSPS) is 12.3. The fourth-order valence-corrected chi connectivity index (χ4v) is 2.38. The number of methoxy groups -OCH3 is 1. The van der Waals surface area contributed by atoms with Crippen molar-refractivity contribution in [2.24, 2.45) is 4.99 Å². The lowest BCUT2D eigenvalue weighted by molar-refractivity contribution is 0.111. The lowest BCUT2D eigenvalue weighted by Crippen LogP contribution is -2.38. The monoisotopic (exact) mass is 457 g/mol. The van der Waals surface area contributed by atoms with Crippen molar-refractivity contribution in [1.82, 2.24) is 20.4 Å². The maximum absolute atomic E-state index is 5.57. The number of benzene rings is 1. The van der Waals surface area contributed by atoms with Gasteiger partial charge in [-0.25, -0.2) is 0 Å². The average Bonchev–Trinajstić information content (AvgIpc) is 3.13. The molecular weight excluding hydrogens is 429 g/mol. The van der Waals surface area contributed by atoms with E-state index in [2.05, 4.69) is 39.8 Å². The van der Waals surface area contributed by atoms with E-state index in [9.17, 15) is 0 Å². The third kappa shape index (κ3) is 7.87. The lowest BCUT2D eigenvalue weighted by Gasteiger charge is -2.16. The Morgan fingerprint density at radius 3 is 2.68 bits per heavy atom. The highest BCUT2D eigenvalue weighted by atomic mass is 127. The predicted octanol–water partition coefficient (Wildman–Crippen LogP) is 2.83. The number of aromatic nitrogens is 2. The Morgan fingerprint density at radius 2 is 2.04 bits per heavy atom. The highest BCUT2D eigenvalue weighted by Crippen LogP contribution is 2.16. The van der Waals surface area contributed by atoms with Crippen LogP contribution >= 0.6 is 24.0 Å². The van der Waals surface area contributed by atoms with Crippen molar-refractivity contribution < 1.29 is 4.74 Å². The Balaban J connectivity index is 0.00000312. The molecule has 6 nitrogen and oxygen atoms in total. The minimum absolute atomic E-state index is 0. The molecule has 138 valence electrons. The number of ether oxygens (including phenoxy) is 1. The molecule has 0 aliphatic heterocycles. The van der Waals surface area contributed by atoms with Gasteiger partial charge in [0.15, 0.2) is 5.96 Å². The van der Waals surface area contributed by atoms with Gasteiger partial charge in [-0.3, -0.25) is 9.67 Å². The van der Waals surface area contributed by atoms with Crippen LogP contribution in [0.25, 0.3) is 0 Å². The van der Waals surface area contributed by atoms with Gasteiger partial charge in [0.1, 0.15) is 6.10 Å². The van der Waals surface area contributed by atoms with E-state index in [1.54, 1.807) is 13.3 Å². The highest BCUT2D eigenvalue weighted by molar-refractivity contribution is 14.0. The molecule has 25 heavy (non-hydrogen) atoms. The predicted molar refractivity (Wildman–Crippen MR) is 112 cm³/mol. The van der Waals surface area contributed by atoms with Gasteiger partial charge in [0.2, 0.25) is 0 Å². The number of aryl methyl sites for hydroxylation is 1. The van der Waals surface area contributed by atoms with Crippen LogP contribution in [-0.2, 0) is 11.3 Å². The molecule has 0 bridgehead atoms. The van der Waals surface area contributed by atoms with Crippen molar-refractivity contribution in [2.45, 2.75) is 26.0 Å². The van der Waals surface area contributed by atoms with E-state index in [0.29, 0.717) is 6.54 Å². The summed E-state index contributed by atoms with van der Waals surface area (Å²) in [4.78, 5) is 4.64. The van der Waals surface area contributed by atoms with Crippen molar-refractivity contribution in [2.75, 3.05) is 26.7 Å². The van der Waals surface area contributed by atoms with Crippen LogP contribution in [0, 0.1) is 0 Å². The topological polar surface area (TPSA) is 63.5 Å². The summed E-state index contributed by atoms with van der Waals surface area (Å²) < 4.78 is 7.50. The van der Waals surface area contributed by atoms with Gasteiger partial charge < -0.3 is 15.4 Å². The van der Waals surface area contributed by atoms with Crippen LogP contribution in [0.1, 0.15) is 25.0 Å². The van der Waals surface area contributed by atoms with Gasteiger partial charge in [-0.2, -0.15) is 5.10 Å². The van der Waals surface area contributed by atoms with E-state index in [1.807, 2.05) is 35.1 Å². The van der Waals surface area contributed by atoms with Crippen molar-refractivity contribution in [1.29, 1.82) is 0 Å². The van der Waals surface area contributed by atoms with Crippen molar-refractivity contribution in [3.05, 3.63) is 54.4 Å². The first-order chi connectivity index (χ1) is 11.8. The quantitative estimate of drug-likeness (QED) is 0.263. The Bertz CT molecular complexity index is 589. The van der Waals surface area contributed by atoms with Crippen LogP contribution in [0.5, 0.6) is 0 Å². The largest absolute Gasteiger partial charge is 0.375 e. The Morgan fingerprint density at radius 1 is 1.24 bits per heavy atom. The number of aliphatic imine (C=N–C) groups is 1. The first-order valence-corrected chi connectivity index (χ1v) is 8.40. The van der Waals surface area contributed by atoms with Gasteiger partial charge in [0.05, 0.1) is 6.54 Å². The molecule has 2 aromatic rings. The minimum Gasteiger partial charge on any atom is -0.375 e. The zero-order chi connectivity index (χ0) is 17.0. The molecule has 0 aliphatic rings. The number of guanidine groups is 1. The lowest BCUT2D eigenvalue weighted by atomic mass is 10.1. The number of rotatable bonds is 9. The van der Waals surface area contributed by atoms with Gasteiger partial charge in [0.25, 0.3) is 0 Å². The van der Waals surface area contributed by atoms with Crippen LogP contribution in [0.15, 0.2) is 53.8 Å². The summed E-state index contributed by atoms with van der Waals surface area (Å²) in [6.07, 6.45) is 4.72. The van der Waals surface area contributed by atoms with Gasteiger partial charge in [-0.1, -0.05) is 30.3 Å². The Hall–Kier alpha value is -1.61. The average molecular weight is 457 g/mol. The summed E-state index contributed by atoms with van der Waals surface area (Å²) in [7, 11) is 1.72. The second-order valence-electron chi connectivity index (χ2n) is 5.40. The van der Waals surface area contributed by atoms with E-state index in [4.69, 9.17) is 4.74 Å². The molecule has 0 amide bonds. The molecule has 0 radical (unpaired) electrons. The zero-order valence-corrected chi connectivity index (χ0v) is 17.2. The molecule has 2 rings (SSSR count). The van der Waals surface area contributed by atoms with Crippen LogP contribution in [0.4, 0.5) is 0 Å². The first-order valence-electron chi connectivity index (χ1n) is 8.40. The number of halogens is 1. The van der Waals surface area contributed by atoms with Gasteiger partial charge in [-0.05, 0) is 25.0 Å². The van der Waals surface area contributed by atoms with Crippen molar-refractivity contribution in [3.63, 3.8) is 0 Å². The maximum atomic E-state index is 5.57. The van der Waals surface area contributed by atoms with Crippen molar-refractivity contribution in [3.8, 4) is 0 Å². The van der Waals surface area contributed by atoms with Gasteiger partial charge in [-0.15, -0.1) is 24.0 Å². The highest BCUT2D eigenvalue weighted by Gasteiger charge is 2.09. The fraction of sp³-hybridized carbons (Fsp3) is 0.444. The summed E-state index contributed by atoms with van der Waals surface area (Å²) in [6, 6.07) is 12.1. The Kier molecular flexibility index (Phi) is 10.9. The molecule has 0 fully saturated rings. The van der Waals surface area contributed by atoms with Crippen LogP contribution in [0.2, 0.25) is 0 Å².